The molecule has 0 saturated heterocycles. The zero-order valence-corrected chi connectivity index (χ0v) is 15.9. The first kappa shape index (κ1) is 19.0. The summed E-state index contributed by atoms with van der Waals surface area (Å²) in [6.07, 6.45) is 7.30. The van der Waals surface area contributed by atoms with Crippen LogP contribution in [-0.2, 0) is 0 Å². The Balaban J connectivity index is 2.78. The first-order valence-corrected chi connectivity index (χ1v) is 9.55. The molecule has 4 atom stereocenters. The van der Waals surface area contributed by atoms with E-state index in [9.17, 15) is 0 Å². The first-order chi connectivity index (χ1) is 9.86. The fourth-order valence-corrected chi connectivity index (χ4v) is 4.25. The Bertz CT molecular complexity index is 271. The van der Waals surface area contributed by atoms with E-state index in [1.54, 1.807) is 0 Å². The Labute approximate surface area is 134 Å². The predicted molar refractivity (Wildman–Crippen MR) is 95.6 cm³/mol. The first-order valence-electron chi connectivity index (χ1n) is 9.55. The van der Waals surface area contributed by atoms with Crippen LogP contribution in [0.25, 0.3) is 0 Å². The quantitative estimate of drug-likeness (QED) is 0.607. The molecule has 1 saturated carbocycles. The number of nitrogens with zero attached hydrogens (tertiary/aromatic N) is 1. The predicted octanol–water partition coefficient (Wildman–Crippen LogP) is 5.70. The summed E-state index contributed by atoms with van der Waals surface area (Å²) >= 11 is 0. The van der Waals surface area contributed by atoms with Gasteiger partial charge in [0.1, 0.15) is 0 Å². The molecule has 21 heavy (non-hydrogen) atoms. The molecule has 1 aliphatic rings. The molecule has 1 rings (SSSR count). The van der Waals surface area contributed by atoms with Crippen molar-refractivity contribution in [3.8, 4) is 0 Å². The Morgan fingerprint density at radius 2 is 1.62 bits per heavy atom. The summed E-state index contributed by atoms with van der Waals surface area (Å²) in [6.45, 7) is 17.0. The van der Waals surface area contributed by atoms with Gasteiger partial charge >= 0.3 is 0 Å². The van der Waals surface area contributed by atoms with E-state index in [0.29, 0.717) is 0 Å². The van der Waals surface area contributed by atoms with E-state index in [0.717, 1.165) is 35.5 Å². The van der Waals surface area contributed by atoms with Crippen LogP contribution in [0.5, 0.6) is 0 Å². The Morgan fingerprint density at radius 1 is 0.952 bits per heavy atom. The SMILES string of the molecule is CCN(C)CC1CCC(C(C)C)CCCC1C(C)C(C)C. The standard InChI is InChI=1S/C20H41N/c1-8-21(7)14-19-13-12-18(16(4)5)10-9-11-20(19)17(6)15(2)3/h15-20H,8-14H2,1-7H3. The van der Waals surface area contributed by atoms with Crippen molar-refractivity contribution in [1.29, 1.82) is 0 Å². The minimum absolute atomic E-state index is 0.824. The molecular formula is C20H41N. The summed E-state index contributed by atoms with van der Waals surface area (Å²) in [5.74, 6) is 5.38. The van der Waals surface area contributed by atoms with Crippen LogP contribution in [0.3, 0.4) is 0 Å². The van der Waals surface area contributed by atoms with Crippen molar-refractivity contribution in [2.24, 2.45) is 35.5 Å². The van der Waals surface area contributed by atoms with E-state index in [-0.39, 0.29) is 0 Å². The molecule has 1 aliphatic carbocycles. The van der Waals surface area contributed by atoms with Gasteiger partial charge in [0.25, 0.3) is 0 Å². The zero-order valence-electron chi connectivity index (χ0n) is 15.9. The van der Waals surface area contributed by atoms with Crippen molar-refractivity contribution in [2.75, 3.05) is 20.1 Å². The molecule has 0 bridgehead atoms. The molecule has 0 amide bonds. The van der Waals surface area contributed by atoms with Crippen molar-refractivity contribution in [3.05, 3.63) is 0 Å². The van der Waals surface area contributed by atoms with E-state index in [1.165, 1.54) is 45.2 Å². The minimum Gasteiger partial charge on any atom is -0.306 e. The molecule has 1 heteroatoms. The molecule has 0 heterocycles. The van der Waals surface area contributed by atoms with Crippen molar-refractivity contribution in [2.45, 2.75) is 73.6 Å². The van der Waals surface area contributed by atoms with Crippen molar-refractivity contribution >= 4 is 0 Å². The van der Waals surface area contributed by atoms with Crippen LogP contribution < -0.4 is 0 Å². The van der Waals surface area contributed by atoms with Gasteiger partial charge in [-0.2, -0.15) is 0 Å². The second kappa shape index (κ2) is 9.18. The van der Waals surface area contributed by atoms with Gasteiger partial charge in [0.15, 0.2) is 0 Å². The molecule has 0 aromatic heterocycles. The normalized spacial score (nSPS) is 29.7. The lowest BCUT2D eigenvalue weighted by Gasteiger charge is -2.39. The number of hydrogen-bond donors (Lipinski definition) is 0. The van der Waals surface area contributed by atoms with Crippen LogP contribution in [0.4, 0.5) is 0 Å². The molecule has 0 radical (unpaired) electrons. The van der Waals surface area contributed by atoms with Gasteiger partial charge in [-0.25, -0.2) is 0 Å². The van der Waals surface area contributed by atoms with Crippen LogP contribution in [0.15, 0.2) is 0 Å². The summed E-state index contributed by atoms with van der Waals surface area (Å²) in [5, 5.41) is 0. The lowest BCUT2D eigenvalue weighted by atomic mass is 9.69. The van der Waals surface area contributed by atoms with Crippen LogP contribution in [0, 0.1) is 35.5 Å². The van der Waals surface area contributed by atoms with Crippen LogP contribution in [0.1, 0.15) is 73.6 Å². The lowest BCUT2D eigenvalue weighted by Crippen LogP contribution is -2.35. The highest BCUT2D eigenvalue weighted by Gasteiger charge is 2.31. The van der Waals surface area contributed by atoms with Crippen molar-refractivity contribution in [3.63, 3.8) is 0 Å². The van der Waals surface area contributed by atoms with E-state index in [4.69, 9.17) is 0 Å². The third kappa shape index (κ3) is 5.93. The summed E-state index contributed by atoms with van der Waals surface area (Å²) in [4.78, 5) is 2.54. The van der Waals surface area contributed by atoms with Gasteiger partial charge in [-0.05, 0) is 68.4 Å². The van der Waals surface area contributed by atoms with Crippen LogP contribution >= 0.6 is 0 Å². The third-order valence-electron chi connectivity index (χ3n) is 6.38. The highest BCUT2D eigenvalue weighted by molar-refractivity contribution is 4.82. The van der Waals surface area contributed by atoms with E-state index in [1.807, 2.05) is 0 Å². The highest BCUT2D eigenvalue weighted by atomic mass is 15.1. The van der Waals surface area contributed by atoms with E-state index >= 15 is 0 Å². The molecule has 0 aliphatic heterocycles. The van der Waals surface area contributed by atoms with Crippen molar-refractivity contribution < 1.29 is 0 Å². The maximum atomic E-state index is 2.54. The second-order valence-corrected chi connectivity index (χ2v) is 8.39. The summed E-state index contributed by atoms with van der Waals surface area (Å²) in [6, 6.07) is 0. The maximum absolute atomic E-state index is 2.54. The average Bonchev–Trinajstić information content (AvgIpc) is 2.40. The lowest BCUT2D eigenvalue weighted by molar-refractivity contribution is 0.107. The van der Waals surface area contributed by atoms with E-state index < -0.39 is 0 Å². The van der Waals surface area contributed by atoms with Gasteiger partial charge in [-0.15, -0.1) is 0 Å². The minimum atomic E-state index is 0.824. The maximum Gasteiger partial charge on any atom is 0.000924 e. The van der Waals surface area contributed by atoms with Crippen molar-refractivity contribution in [1.82, 2.24) is 4.90 Å². The topological polar surface area (TPSA) is 3.24 Å². The summed E-state index contributed by atoms with van der Waals surface area (Å²) < 4.78 is 0. The van der Waals surface area contributed by atoms with Gasteiger partial charge in [-0.3, -0.25) is 0 Å². The number of rotatable bonds is 6. The average molecular weight is 296 g/mol. The molecule has 0 aromatic carbocycles. The summed E-state index contributed by atoms with van der Waals surface area (Å²) in [7, 11) is 2.30. The zero-order chi connectivity index (χ0) is 16.0. The van der Waals surface area contributed by atoms with Gasteiger partial charge in [0.05, 0.1) is 0 Å². The molecule has 0 aromatic rings. The van der Waals surface area contributed by atoms with Gasteiger partial charge in [0, 0.05) is 6.54 Å². The monoisotopic (exact) mass is 295 g/mol. The van der Waals surface area contributed by atoms with Crippen LogP contribution in [0.2, 0.25) is 0 Å². The summed E-state index contributed by atoms with van der Waals surface area (Å²) in [5.41, 5.74) is 0. The Morgan fingerprint density at radius 3 is 2.14 bits per heavy atom. The molecular weight excluding hydrogens is 254 g/mol. The molecule has 0 spiro atoms. The fraction of sp³-hybridized carbons (Fsp3) is 1.00. The Kier molecular flexibility index (Phi) is 8.31. The van der Waals surface area contributed by atoms with E-state index in [2.05, 4.69) is 53.5 Å². The molecule has 1 nitrogen and oxygen atoms in total. The Hall–Kier alpha value is -0.0400. The van der Waals surface area contributed by atoms with Gasteiger partial charge in [0.2, 0.25) is 0 Å². The third-order valence-corrected chi connectivity index (χ3v) is 6.38. The van der Waals surface area contributed by atoms with Gasteiger partial charge in [-0.1, -0.05) is 54.4 Å². The number of hydrogen-bond acceptors (Lipinski definition) is 1. The van der Waals surface area contributed by atoms with Crippen LogP contribution in [-0.4, -0.2) is 25.0 Å². The molecule has 0 N–H and O–H groups in total. The molecule has 1 fully saturated rings. The fourth-order valence-electron chi connectivity index (χ4n) is 4.25. The highest BCUT2D eigenvalue weighted by Crippen LogP contribution is 2.39. The smallest absolute Gasteiger partial charge is 0.000924 e. The van der Waals surface area contributed by atoms with Gasteiger partial charge < -0.3 is 4.90 Å². The molecule has 4 unspecified atom stereocenters. The largest absolute Gasteiger partial charge is 0.306 e. The second-order valence-electron chi connectivity index (χ2n) is 8.39. The molecule has 126 valence electrons.